The number of nitrogens with zero attached hydrogens (tertiary/aromatic N) is 1. The van der Waals surface area contributed by atoms with Crippen LogP contribution in [0.2, 0.25) is 0 Å². The van der Waals surface area contributed by atoms with Gasteiger partial charge in [0.1, 0.15) is 17.3 Å². The maximum atomic E-state index is 11.8. The highest BCUT2D eigenvalue weighted by molar-refractivity contribution is 5.77. The fraction of sp³-hybridized carbons (Fsp3) is 0.263. The maximum absolute atomic E-state index is 11.8. The van der Waals surface area contributed by atoms with Crippen LogP contribution in [0.25, 0.3) is 11.0 Å². The Morgan fingerprint density at radius 1 is 1.16 bits per heavy atom. The molecule has 1 aromatic heterocycles. The van der Waals surface area contributed by atoms with Gasteiger partial charge in [0.15, 0.2) is 0 Å². The van der Waals surface area contributed by atoms with E-state index < -0.39 is 0 Å². The van der Waals surface area contributed by atoms with Crippen LogP contribution in [0, 0.1) is 0 Å². The van der Waals surface area contributed by atoms with Crippen LogP contribution >= 0.6 is 0 Å². The minimum atomic E-state index is -0.0336. The number of nitrogens with one attached hydrogen (secondary N) is 2. The normalized spacial score (nSPS) is 10.6. The summed E-state index contributed by atoms with van der Waals surface area (Å²) in [5.41, 5.74) is 1.82. The summed E-state index contributed by atoms with van der Waals surface area (Å²) in [6.45, 7) is 0.890. The molecule has 0 aliphatic carbocycles. The predicted octanol–water partition coefficient (Wildman–Crippen LogP) is 2.70. The Morgan fingerprint density at radius 2 is 2.00 bits per heavy atom. The first-order chi connectivity index (χ1) is 12.2. The van der Waals surface area contributed by atoms with Crippen LogP contribution in [-0.2, 0) is 11.2 Å². The number of ether oxygens (including phenoxy) is 2. The minimum absolute atomic E-state index is 0.0336. The number of carbonyl (C=O) groups is 1. The number of benzene rings is 2. The molecule has 0 aliphatic rings. The molecule has 0 spiro atoms. The molecule has 0 atom stereocenters. The molecular formula is C19H21N3O3. The number of amides is 1. The van der Waals surface area contributed by atoms with Crippen LogP contribution in [0.4, 0.5) is 0 Å². The zero-order chi connectivity index (χ0) is 17.5. The molecule has 0 radical (unpaired) electrons. The molecule has 2 N–H and O–H groups in total. The molecule has 0 bridgehead atoms. The summed E-state index contributed by atoms with van der Waals surface area (Å²) in [4.78, 5) is 19.6. The van der Waals surface area contributed by atoms with E-state index in [1.54, 1.807) is 7.11 Å². The highest BCUT2D eigenvalue weighted by Gasteiger charge is 2.06. The molecule has 1 heterocycles. The van der Waals surface area contributed by atoms with Crippen LogP contribution in [0.3, 0.4) is 0 Å². The molecule has 0 fully saturated rings. The molecule has 1 amide bonds. The minimum Gasteiger partial charge on any atom is -0.497 e. The molecule has 0 unspecified atom stereocenters. The van der Waals surface area contributed by atoms with E-state index in [2.05, 4.69) is 15.3 Å². The monoisotopic (exact) mass is 339 g/mol. The van der Waals surface area contributed by atoms with Gasteiger partial charge >= 0.3 is 0 Å². The zero-order valence-electron chi connectivity index (χ0n) is 14.1. The molecule has 130 valence electrons. The third-order valence-corrected chi connectivity index (χ3v) is 3.76. The Bertz CT molecular complexity index is 830. The van der Waals surface area contributed by atoms with Gasteiger partial charge in [0.25, 0.3) is 0 Å². The Kier molecular flexibility index (Phi) is 5.51. The van der Waals surface area contributed by atoms with E-state index in [4.69, 9.17) is 9.47 Å². The van der Waals surface area contributed by atoms with Crippen molar-refractivity contribution in [1.29, 1.82) is 0 Å². The molecule has 2 aromatic carbocycles. The summed E-state index contributed by atoms with van der Waals surface area (Å²) < 4.78 is 10.7. The number of methoxy groups -OCH3 is 1. The van der Waals surface area contributed by atoms with Crippen molar-refractivity contribution in [2.45, 2.75) is 12.8 Å². The van der Waals surface area contributed by atoms with Crippen molar-refractivity contribution >= 4 is 16.9 Å². The second-order valence-electron chi connectivity index (χ2n) is 5.58. The number of imidazole rings is 1. The Morgan fingerprint density at radius 3 is 2.80 bits per heavy atom. The van der Waals surface area contributed by atoms with Crippen molar-refractivity contribution in [3.63, 3.8) is 0 Å². The van der Waals surface area contributed by atoms with Crippen molar-refractivity contribution in [3.05, 3.63) is 54.4 Å². The van der Waals surface area contributed by atoms with E-state index in [1.807, 2.05) is 48.5 Å². The Hall–Kier alpha value is -3.02. The summed E-state index contributed by atoms with van der Waals surface area (Å²) in [5, 5.41) is 2.88. The topological polar surface area (TPSA) is 76.2 Å². The molecule has 0 saturated carbocycles. The first-order valence-corrected chi connectivity index (χ1v) is 8.22. The van der Waals surface area contributed by atoms with Gasteiger partial charge in [-0.3, -0.25) is 4.79 Å². The largest absolute Gasteiger partial charge is 0.497 e. The molecule has 3 rings (SSSR count). The summed E-state index contributed by atoms with van der Waals surface area (Å²) in [5.74, 6) is 2.36. The zero-order valence-corrected chi connectivity index (χ0v) is 14.1. The standard InChI is InChI=1S/C19H21N3O3/c1-24-15-7-8-16-17(13-15)22-18(21-16)9-11-20-19(23)10-12-25-14-5-3-2-4-6-14/h2-8,13H,9-12H2,1H3,(H,20,23)(H,21,22). The fourth-order valence-electron chi connectivity index (χ4n) is 2.47. The van der Waals surface area contributed by atoms with Crippen LogP contribution < -0.4 is 14.8 Å². The molecule has 3 aromatic rings. The Balaban J connectivity index is 1.40. The van der Waals surface area contributed by atoms with Crippen molar-refractivity contribution in [2.75, 3.05) is 20.3 Å². The molecular weight excluding hydrogens is 318 g/mol. The van der Waals surface area contributed by atoms with Crippen LogP contribution in [-0.4, -0.2) is 36.1 Å². The van der Waals surface area contributed by atoms with Gasteiger partial charge in [-0.15, -0.1) is 0 Å². The van der Waals surface area contributed by atoms with Crippen LogP contribution in [0.1, 0.15) is 12.2 Å². The van der Waals surface area contributed by atoms with E-state index in [0.29, 0.717) is 26.0 Å². The van der Waals surface area contributed by atoms with Crippen molar-refractivity contribution in [3.8, 4) is 11.5 Å². The third-order valence-electron chi connectivity index (χ3n) is 3.76. The van der Waals surface area contributed by atoms with Gasteiger partial charge in [-0.2, -0.15) is 0 Å². The average molecular weight is 339 g/mol. The van der Waals surface area contributed by atoms with Crippen LogP contribution in [0.5, 0.6) is 11.5 Å². The summed E-state index contributed by atoms with van der Waals surface area (Å²) in [7, 11) is 1.63. The Labute approximate surface area is 146 Å². The first kappa shape index (κ1) is 16.8. The van der Waals surface area contributed by atoms with Crippen molar-refractivity contribution < 1.29 is 14.3 Å². The third kappa shape index (κ3) is 4.73. The molecule has 0 saturated heterocycles. The molecule has 6 nitrogen and oxygen atoms in total. The van der Waals surface area contributed by atoms with Gasteiger partial charge < -0.3 is 19.8 Å². The number of rotatable bonds is 8. The predicted molar refractivity (Wildman–Crippen MR) is 95.9 cm³/mol. The van der Waals surface area contributed by atoms with Gasteiger partial charge in [-0.1, -0.05) is 18.2 Å². The van der Waals surface area contributed by atoms with Gasteiger partial charge in [-0.25, -0.2) is 4.98 Å². The van der Waals surface area contributed by atoms with Crippen molar-refractivity contribution in [2.24, 2.45) is 0 Å². The smallest absolute Gasteiger partial charge is 0.223 e. The number of hydrogen-bond acceptors (Lipinski definition) is 4. The molecule has 25 heavy (non-hydrogen) atoms. The number of para-hydroxylation sites is 1. The molecule has 0 aliphatic heterocycles. The lowest BCUT2D eigenvalue weighted by atomic mass is 10.3. The lowest BCUT2D eigenvalue weighted by Gasteiger charge is -2.06. The van der Waals surface area contributed by atoms with Gasteiger partial charge in [0, 0.05) is 19.0 Å². The SMILES string of the molecule is COc1ccc2nc(CCNC(=O)CCOc3ccccc3)[nH]c2c1. The second-order valence-corrected chi connectivity index (χ2v) is 5.58. The summed E-state index contributed by atoms with van der Waals surface area (Å²) >= 11 is 0. The highest BCUT2D eigenvalue weighted by Crippen LogP contribution is 2.18. The number of fused-ring (bicyclic) bond motifs is 1. The van der Waals surface area contributed by atoms with Gasteiger partial charge in [0.2, 0.25) is 5.91 Å². The van der Waals surface area contributed by atoms with Crippen LogP contribution in [0.15, 0.2) is 48.5 Å². The van der Waals surface area contributed by atoms with E-state index in [9.17, 15) is 4.79 Å². The summed E-state index contributed by atoms with van der Waals surface area (Å²) in [6.07, 6.45) is 0.967. The van der Waals surface area contributed by atoms with E-state index in [0.717, 1.165) is 28.4 Å². The molecule has 6 heteroatoms. The van der Waals surface area contributed by atoms with Gasteiger partial charge in [0.05, 0.1) is 31.2 Å². The first-order valence-electron chi connectivity index (χ1n) is 8.22. The lowest BCUT2D eigenvalue weighted by molar-refractivity contribution is -0.121. The number of aromatic nitrogens is 2. The lowest BCUT2D eigenvalue weighted by Crippen LogP contribution is -2.27. The van der Waals surface area contributed by atoms with Crippen molar-refractivity contribution in [1.82, 2.24) is 15.3 Å². The number of H-pyrrole nitrogens is 1. The highest BCUT2D eigenvalue weighted by atomic mass is 16.5. The quantitative estimate of drug-likeness (QED) is 0.661. The maximum Gasteiger partial charge on any atom is 0.223 e. The average Bonchev–Trinajstić information content (AvgIpc) is 3.04. The number of hydrogen-bond donors (Lipinski definition) is 2. The fourth-order valence-corrected chi connectivity index (χ4v) is 2.47. The van der Waals surface area contributed by atoms with Gasteiger partial charge in [-0.05, 0) is 24.3 Å². The van der Waals surface area contributed by atoms with E-state index in [-0.39, 0.29) is 5.91 Å². The second kappa shape index (κ2) is 8.19. The van der Waals surface area contributed by atoms with E-state index >= 15 is 0 Å². The number of carbonyl (C=O) groups excluding carboxylic acids is 1. The van der Waals surface area contributed by atoms with E-state index in [1.165, 1.54) is 0 Å². The summed E-state index contributed by atoms with van der Waals surface area (Å²) in [6, 6.07) is 15.2. The number of aromatic amines is 1.